The normalized spacial score (nSPS) is 21.9. The number of fused-ring (bicyclic) bond motifs is 1. The van der Waals surface area contributed by atoms with Gasteiger partial charge in [0, 0.05) is 6.07 Å². The Morgan fingerprint density at radius 3 is 2.94 bits per heavy atom. The van der Waals surface area contributed by atoms with Crippen molar-refractivity contribution in [3.05, 3.63) is 47.1 Å². The molecule has 3 rings (SSSR count). The average Bonchev–Trinajstić information content (AvgIpc) is 2.81. The molecule has 2 aromatic rings. The molecule has 0 aliphatic carbocycles. The first-order valence-electron chi connectivity index (χ1n) is 5.61. The molecule has 0 spiro atoms. The molecule has 3 nitrogen and oxygen atoms in total. The van der Waals surface area contributed by atoms with Gasteiger partial charge in [-0.3, -0.25) is 0 Å². The van der Waals surface area contributed by atoms with E-state index in [4.69, 9.17) is 20.8 Å². The number of rotatable bonds is 1. The second-order valence-corrected chi connectivity index (χ2v) is 4.66. The van der Waals surface area contributed by atoms with Crippen LogP contribution in [0.3, 0.4) is 0 Å². The molecule has 0 amide bonds. The largest absolute Gasteiger partial charge is 0.477 e. The topological polar surface area (TPSA) is 34.4 Å². The molecule has 0 radical (unpaired) electrons. The molecule has 0 fully saturated rings. The molecule has 2 atom stereocenters. The summed E-state index contributed by atoms with van der Waals surface area (Å²) in [4.78, 5) is 0. The summed E-state index contributed by atoms with van der Waals surface area (Å²) >= 11 is 5.99. The number of hydrogen-bond donors (Lipinski definition) is 1. The first-order valence-corrected chi connectivity index (χ1v) is 5.98. The third kappa shape index (κ3) is 1.82. The molecule has 1 aromatic carbocycles. The summed E-state index contributed by atoms with van der Waals surface area (Å²) < 4.78 is 24.4. The lowest BCUT2D eigenvalue weighted by molar-refractivity contribution is 0.151. The lowest BCUT2D eigenvalue weighted by Crippen LogP contribution is -2.32. The van der Waals surface area contributed by atoms with Gasteiger partial charge in [-0.25, -0.2) is 4.39 Å². The van der Waals surface area contributed by atoms with Crippen LogP contribution in [-0.4, -0.2) is 6.04 Å². The Kier molecular flexibility index (Phi) is 2.67. The number of halogens is 2. The number of benzene rings is 1. The van der Waals surface area contributed by atoms with Crippen LogP contribution in [0.25, 0.3) is 0 Å². The van der Waals surface area contributed by atoms with E-state index in [1.165, 1.54) is 12.1 Å². The molecule has 1 aliphatic rings. The second-order valence-electron chi connectivity index (χ2n) is 4.25. The number of furan rings is 1. The SMILES string of the molecule is CC1Nc2cc(F)cc(Cl)c2OC1c1ccco1. The van der Waals surface area contributed by atoms with Crippen molar-refractivity contribution >= 4 is 17.3 Å². The first kappa shape index (κ1) is 11.4. The zero-order valence-electron chi connectivity index (χ0n) is 9.61. The minimum absolute atomic E-state index is 0.0403. The van der Waals surface area contributed by atoms with Gasteiger partial charge < -0.3 is 14.5 Å². The molecule has 0 bridgehead atoms. The van der Waals surface area contributed by atoms with Crippen molar-refractivity contribution in [2.45, 2.75) is 19.1 Å². The van der Waals surface area contributed by atoms with Crippen LogP contribution in [0.2, 0.25) is 5.02 Å². The summed E-state index contributed by atoms with van der Waals surface area (Å²) in [7, 11) is 0. The van der Waals surface area contributed by atoms with Crippen molar-refractivity contribution in [3.63, 3.8) is 0 Å². The van der Waals surface area contributed by atoms with Crippen molar-refractivity contribution in [1.29, 1.82) is 0 Å². The van der Waals surface area contributed by atoms with E-state index in [1.807, 2.05) is 13.0 Å². The fourth-order valence-electron chi connectivity index (χ4n) is 2.09. The van der Waals surface area contributed by atoms with Crippen LogP contribution in [0.15, 0.2) is 34.9 Å². The van der Waals surface area contributed by atoms with Gasteiger partial charge in [-0.2, -0.15) is 0 Å². The van der Waals surface area contributed by atoms with Crippen LogP contribution in [0.5, 0.6) is 5.75 Å². The Bertz CT molecular complexity index is 571. The zero-order chi connectivity index (χ0) is 12.7. The van der Waals surface area contributed by atoms with E-state index >= 15 is 0 Å². The number of nitrogens with one attached hydrogen (secondary N) is 1. The molecule has 0 saturated heterocycles. The van der Waals surface area contributed by atoms with Crippen LogP contribution >= 0.6 is 11.6 Å². The summed E-state index contributed by atoms with van der Waals surface area (Å²) in [6.45, 7) is 1.94. The Balaban J connectivity index is 2.01. The van der Waals surface area contributed by atoms with Crippen LogP contribution in [0.4, 0.5) is 10.1 Å². The molecule has 2 unspecified atom stereocenters. The highest BCUT2D eigenvalue weighted by molar-refractivity contribution is 6.32. The van der Waals surface area contributed by atoms with E-state index in [1.54, 1.807) is 12.3 Å². The van der Waals surface area contributed by atoms with E-state index in [9.17, 15) is 4.39 Å². The van der Waals surface area contributed by atoms with Gasteiger partial charge in [-0.15, -0.1) is 0 Å². The highest BCUT2D eigenvalue weighted by Crippen LogP contribution is 2.42. The van der Waals surface area contributed by atoms with E-state index < -0.39 is 5.82 Å². The summed E-state index contributed by atoms with van der Waals surface area (Å²) in [5, 5.41) is 3.42. The highest BCUT2D eigenvalue weighted by Gasteiger charge is 2.31. The van der Waals surface area contributed by atoms with Crippen molar-refractivity contribution in [2.75, 3.05) is 5.32 Å². The Labute approximate surface area is 109 Å². The van der Waals surface area contributed by atoms with Crippen LogP contribution < -0.4 is 10.1 Å². The number of anilines is 1. The average molecular weight is 268 g/mol. The van der Waals surface area contributed by atoms with Crippen molar-refractivity contribution in [3.8, 4) is 5.75 Å². The molecule has 18 heavy (non-hydrogen) atoms. The Hall–Kier alpha value is -1.68. The highest BCUT2D eigenvalue weighted by atomic mass is 35.5. The molecule has 94 valence electrons. The van der Waals surface area contributed by atoms with Gasteiger partial charge in [0.2, 0.25) is 0 Å². The zero-order valence-corrected chi connectivity index (χ0v) is 10.4. The van der Waals surface area contributed by atoms with Gasteiger partial charge in [0.25, 0.3) is 0 Å². The fraction of sp³-hybridized carbons (Fsp3) is 0.231. The first-order chi connectivity index (χ1) is 8.65. The van der Waals surface area contributed by atoms with Crippen molar-refractivity contribution in [1.82, 2.24) is 0 Å². The third-order valence-corrected chi connectivity index (χ3v) is 3.19. The molecule has 2 heterocycles. The smallest absolute Gasteiger partial charge is 0.176 e. The van der Waals surface area contributed by atoms with E-state index in [-0.39, 0.29) is 17.2 Å². The van der Waals surface area contributed by atoms with Gasteiger partial charge in [0.15, 0.2) is 11.9 Å². The molecule has 5 heteroatoms. The maximum atomic E-state index is 13.3. The standard InChI is InChI=1S/C13H11ClFNO2/c1-7-12(11-3-2-4-17-11)18-13-9(14)5-8(15)6-10(13)16-7/h2-7,12,16H,1H3. The molecule has 1 N–H and O–H groups in total. The van der Waals surface area contributed by atoms with Crippen LogP contribution in [0.1, 0.15) is 18.8 Å². The molecule has 1 aliphatic heterocycles. The molecule has 0 saturated carbocycles. The minimum atomic E-state index is -0.390. The van der Waals surface area contributed by atoms with E-state index in [0.29, 0.717) is 17.2 Å². The van der Waals surface area contributed by atoms with E-state index in [0.717, 1.165) is 0 Å². The Morgan fingerprint density at radius 2 is 2.22 bits per heavy atom. The molecular weight excluding hydrogens is 257 g/mol. The van der Waals surface area contributed by atoms with Crippen LogP contribution in [0, 0.1) is 5.82 Å². The second kappa shape index (κ2) is 4.21. The molecule has 1 aromatic heterocycles. The third-order valence-electron chi connectivity index (χ3n) is 2.91. The van der Waals surface area contributed by atoms with Crippen molar-refractivity contribution in [2.24, 2.45) is 0 Å². The monoisotopic (exact) mass is 267 g/mol. The predicted octanol–water partition coefficient (Wildman–Crippen LogP) is 4.01. The van der Waals surface area contributed by atoms with Crippen molar-refractivity contribution < 1.29 is 13.5 Å². The number of hydrogen-bond acceptors (Lipinski definition) is 3. The summed E-state index contributed by atoms with van der Waals surface area (Å²) in [6.07, 6.45) is 1.31. The van der Waals surface area contributed by atoms with Gasteiger partial charge in [0.1, 0.15) is 11.6 Å². The maximum Gasteiger partial charge on any atom is 0.176 e. The predicted molar refractivity (Wildman–Crippen MR) is 66.6 cm³/mol. The summed E-state index contributed by atoms with van der Waals surface area (Å²) in [6, 6.07) is 6.20. The summed E-state index contributed by atoms with van der Waals surface area (Å²) in [5.74, 6) is 0.775. The van der Waals surface area contributed by atoms with E-state index in [2.05, 4.69) is 5.32 Å². The van der Waals surface area contributed by atoms with Gasteiger partial charge >= 0.3 is 0 Å². The quantitative estimate of drug-likeness (QED) is 0.848. The molecular formula is C13H11ClFNO2. The van der Waals surface area contributed by atoms with Gasteiger partial charge in [-0.1, -0.05) is 11.6 Å². The maximum absolute atomic E-state index is 13.3. The minimum Gasteiger partial charge on any atom is -0.477 e. The lowest BCUT2D eigenvalue weighted by atomic mass is 10.1. The lowest BCUT2D eigenvalue weighted by Gasteiger charge is -2.32. The van der Waals surface area contributed by atoms with Gasteiger partial charge in [0.05, 0.1) is 23.0 Å². The van der Waals surface area contributed by atoms with Gasteiger partial charge in [-0.05, 0) is 25.1 Å². The summed E-state index contributed by atoms with van der Waals surface area (Å²) in [5.41, 5.74) is 0.565. The van der Waals surface area contributed by atoms with Crippen LogP contribution in [-0.2, 0) is 0 Å². The Morgan fingerprint density at radius 1 is 1.39 bits per heavy atom. The fourth-order valence-corrected chi connectivity index (χ4v) is 2.35. The number of ether oxygens (including phenoxy) is 1.